The monoisotopic (exact) mass is 280 g/mol. The zero-order valence-corrected chi connectivity index (χ0v) is 11.8. The van der Waals surface area contributed by atoms with Gasteiger partial charge in [0.2, 0.25) is 5.91 Å². The van der Waals surface area contributed by atoms with Gasteiger partial charge in [0.1, 0.15) is 5.75 Å². The molecule has 0 aromatic heterocycles. The Hall–Kier alpha value is -2.08. The van der Waals surface area contributed by atoms with Crippen molar-refractivity contribution in [3.8, 4) is 5.75 Å². The van der Waals surface area contributed by atoms with Crippen molar-refractivity contribution in [2.45, 2.75) is 13.3 Å². The lowest BCUT2D eigenvalue weighted by Crippen LogP contribution is -2.28. The summed E-state index contributed by atoms with van der Waals surface area (Å²) in [6, 6.07) is 6.78. The number of carbonyl (C=O) groups is 2. The number of esters is 1. The van der Waals surface area contributed by atoms with Crippen molar-refractivity contribution in [1.82, 2.24) is 5.32 Å². The summed E-state index contributed by atoms with van der Waals surface area (Å²) in [7, 11) is 1.30. The third kappa shape index (κ3) is 6.19. The van der Waals surface area contributed by atoms with Gasteiger partial charge in [-0.15, -0.1) is 0 Å². The van der Waals surface area contributed by atoms with Crippen LogP contribution in [0.5, 0.6) is 5.75 Å². The number of nitrogens with one attached hydrogen (secondary N) is 2. The molecule has 6 nitrogen and oxygen atoms in total. The Morgan fingerprint density at radius 1 is 1.20 bits per heavy atom. The Bertz CT molecular complexity index is 431. The van der Waals surface area contributed by atoms with E-state index in [1.165, 1.54) is 7.11 Å². The lowest BCUT2D eigenvalue weighted by atomic mass is 10.3. The maximum atomic E-state index is 11.6. The highest BCUT2D eigenvalue weighted by molar-refractivity contribution is 5.92. The molecule has 1 rings (SSSR count). The summed E-state index contributed by atoms with van der Waals surface area (Å²) in [5.41, 5.74) is 0.679. The number of carbonyl (C=O) groups excluding carboxylic acids is 2. The normalized spacial score (nSPS) is 9.90. The van der Waals surface area contributed by atoms with E-state index < -0.39 is 5.97 Å². The molecule has 110 valence electrons. The van der Waals surface area contributed by atoms with E-state index in [1.807, 2.05) is 6.92 Å². The van der Waals surface area contributed by atoms with Crippen molar-refractivity contribution in [3.63, 3.8) is 0 Å². The molecule has 0 aliphatic heterocycles. The molecule has 1 aromatic carbocycles. The number of hydrogen-bond donors (Lipinski definition) is 2. The minimum Gasteiger partial charge on any atom is -0.482 e. The van der Waals surface area contributed by atoms with Gasteiger partial charge >= 0.3 is 5.97 Å². The highest BCUT2D eigenvalue weighted by Gasteiger charge is 2.03. The van der Waals surface area contributed by atoms with Gasteiger partial charge < -0.3 is 20.1 Å². The van der Waals surface area contributed by atoms with Crippen molar-refractivity contribution >= 4 is 17.6 Å². The molecule has 0 radical (unpaired) electrons. The zero-order chi connectivity index (χ0) is 14.8. The topological polar surface area (TPSA) is 76.7 Å². The van der Waals surface area contributed by atoms with Gasteiger partial charge in [0, 0.05) is 5.69 Å². The fourth-order valence-electron chi connectivity index (χ4n) is 1.42. The first-order valence-corrected chi connectivity index (χ1v) is 6.46. The molecular formula is C14H20N2O4. The molecule has 0 aliphatic rings. The molecule has 0 unspecified atom stereocenters. The number of anilines is 1. The molecule has 2 N–H and O–H groups in total. The van der Waals surface area contributed by atoms with Crippen LogP contribution in [0.15, 0.2) is 24.3 Å². The summed E-state index contributed by atoms with van der Waals surface area (Å²) in [4.78, 5) is 22.5. The third-order valence-electron chi connectivity index (χ3n) is 2.43. The molecule has 0 fully saturated rings. The molecule has 0 aliphatic carbocycles. The largest absolute Gasteiger partial charge is 0.482 e. The molecular weight excluding hydrogens is 260 g/mol. The minimum atomic E-state index is -0.440. The fraction of sp³-hybridized carbons (Fsp3) is 0.429. The molecule has 0 saturated heterocycles. The van der Waals surface area contributed by atoms with Crippen LogP contribution >= 0.6 is 0 Å². The summed E-state index contributed by atoms with van der Waals surface area (Å²) in [5.74, 6) is 0.00330. The van der Waals surface area contributed by atoms with Crippen molar-refractivity contribution in [2.24, 2.45) is 0 Å². The molecule has 20 heavy (non-hydrogen) atoms. The van der Waals surface area contributed by atoms with E-state index in [0.29, 0.717) is 11.4 Å². The Balaban J connectivity index is 2.38. The predicted octanol–water partition coefficient (Wildman–Crippen LogP) is 1.18. The van der Waals surface area contributed by atoms with Crippen LogP contribution in [0.25, 0.3) is 0 Å². The summed E-state index contributed by atoms with van der Waals surface area (Å²) in [6.07, 6.45) is 0.986. The summed E-state index contributed by atoms with van der Waals surface area (Å²) >= 11 is 0. The van der Waals surface area contributed by atoms with Crippen LogP contribution in [0.1, 0.15) is 13.3 Å². The smallest absolute Gasteiger partial charge is 0.343 e. The van der Waals surface area contributed by atoms with Crippen LogP contribution in [0.4, 0.5) is 5.69 Å². The molecule has 0 atom stereocenters. The SMILES string of the molecule is CCCNCC(=O)Nc1ccc(OCC(=O)OC)cc1. The number of rotatable bonds is 8. The highest BCUT2D eigenvalue weighted by Crippen LogP contribution is 2.15. The maximum absolute atomic E-state index is 11.6. The van der Waals surface area contributed by atoms with Gasteiger partial charge in [0.25, 0.3) is 0 Å². The molecule has 0 spiro atoms. The van der Waals surface area contributed by atoms with Crippen molar-refractivity contribution in [2.75, 3.05) is 32.1 Å². The van der Waals surface area contributed by atoms with E-state index >= 15 is 0 Å². The van der Waals surface area contributed by atoms with E-state index in [9.17, 15) is 9.59 Å². The van der Waals surface area contributed by atoms with Gasteiger partial charge in [-0.05, 0) is 37.2 Å². The quantitative estimate of drug-likeness (QED) is 0.552. The Kier molecular flexibility index (Phi) is 7.13. The average molecular weight is 280 g/mol. The number of methoxy groups -OCH3 is 1. The van der Waals surface area contributed by atoms with Gasteiger partial charge in [-0.25, -0.2) is 4.79 Å². The van der Waals surface area contributed by atoms with Crippen LogP contribution in [0.2, 0.25) is 0 Å². The van der Waals surface area contributed by atoms with Crippen LogP contribution in [-0.2, 0) is 14.3 Å². The molecule has 0 saturated carbocycles. The lowest BCUT2D eigenvalue weighted by Gasteiger charge is -2.08. The van der Waals surface area contributed by atoms with Gasteiger partial charge in [0.15, 0.2) is 6.61 Å². The van der Waals surface area contributed by atoms with Crippen molar-refractivity contribution < 1.29 is 19.1 Å². The van der Waals surface area contributed by atoms with E-state index in [4.69, 9.17) is 4.74 Å². The first-order valence-electron chi connectivity index (χ1n) is 6.46. The number of benzene rings is 1. The Morgan fingerprint density at radius 2 is 1.90 bits per heavy atom. The second-order valence-electron chi connectivity index (χ2n) is 4.11. The molecule has 0 bridgehead atoms. The predicted molar refractivity (Wildman–Crippen MR) is 75.7 cm³/mol. The third-order valence-corrected chi connectivity index (χ3v) is 2.43. The first-order chi connectivity index (χ1) is 9.65. The molecule has 0 heterocycles. The second kappa shape index (κ2) is 8.92. The molecule has 6 heteroatoms. The summed E-state index contributed by atoms with van der Waals surface area (Å²) in [6.45, 7) is 3.00. The summed E-state index contributed by atoms with van der Waals surface area (Å²) < 4.78 is 9.67. The highest BCUT2D eigenvalue weighted by atomic mass is 16.6. The lowest BCUT2D eigenvalue weighted by molar-refractivity contribution is -0.142. The second-order valence-corrected chi connectivity index (χ2v) is 4.11. The summed E-state index contributed by atoms with van der Waals surface area (Å²) in [5, 5.41) is 5.77. The average Bonchev–Trinajstić information content (AvgIpc) is 2.46. The Labute approximate surface area is 118 Å². The Morgan fingerprint density at radius 3 is 2.50 bits per heavy atom. The van der Waals surface area contributed by atoms with Crippen molar-refractivity contribution in [3.05, 3.63) is 24.3 Å². The van der Waals surface area contributed by atoms with Gasteiger partial charge in [0.05, 0.1) is 13.7 Å². The van der Waals surface area contributed by atoms with E-state index in [2.05, 4.69) is 15.4 Å². The standard InChI is InChI=1S/C14H20N2O4/c1-3-8-15-9-13(17)16-11-4-6-12(7-5-11)20-10-14(18)19-2/h4-7,15H,3,8-10H2,1-2H3,(H,16,17). The van der Waals surface area contributed by atoms with E-state index in [-0.39, 0.29) is 19.1 Å². The fourth-order valence-corrected chi connectivity index (χ4v) is 1.42. The van der Waals surface area contributed by atoms with Crippen LogP contribution < -0.4 is 15.4 Å². The van der Waals surface area contributed by atoms with E-state index in [1.54, 1.807) is 24.3 Å². The molecule has 1 amide bonds. The number of amides is 1. The van der Waals surface area contributed by atoms with Crippen LogP contribution in [-0.4, -0.2) is 38.7 Å². The van der Waals surface area contributed by atoms with Crippen molar-refractivity contribution in [1.29, 1.82) is 0 Å². The zero-order valence-electron chi connectivity index (χ0n) is 11.8. The number of hydrogen-bond acceptors (Lipinski definition) is 5. The first kappa shape index (κ1) is 16.0. The van der Waals surface area contributed by atoms with Crippen LogP contribution in [0, 0.1) is 0 Å². The van der Waals surface area contributed by atoms with Gasteiger partial charge in [-0.3, -0.25) is 4.79 Å². The minimum absolute atomic E-state index is 0.0957. The van der Waals surface area contributed by atoms with Gasteiger partial charge in [-0.1, -0.05) is 6.92 Å². The van der Waals surface area contributed by atoms with E-state index in [0.717, 1.165) is 13.0 Å². The maximum Gasteiger partial charge on any atom is 0.343 e. The van der Waals surface area contributed by atoms with Crippen LogP contribution in [0.3, 0.4) is 0 Å². The number of ether oxygens (including phenoxy) is 2. The van der Waals surface area contributed by atoms with Gasteiger partial charge in [-0.2, -0.15) is 0 Å². The molecule has 1 aromatic rings.